The number of aromatic nitrogens is 2. The van der Waals surface area contributed by atoms with Crippen molar-refractivity contribution in [1.29, 1.82) is 0 Å². The molecular weight excluding hydrogens is 461 g/mol. The maximum atomic E-state index is 13.5. The van der Waals surface area contributed by atoms with Crippen molar-refractivity contribution in [3.63, 3.8) is 0 Å². The van der Waals surface area contributed by atoms with Crippen LogP contribution in [-0.2, 0) is 28.7 Å². The molecule has 0 aliphatic carbocycles. The zero-order valence-electron chi connectivity index (χ0n) is 18.7. The van der Waals surface area contributed by atoms with Gasteiger partial charge in [-0.15, -0.1) is 0 Å². The quantitative estimate of drug-likeness (QED) is 0.454. The highest BCUT2D eigenvalue weighted by Crippen LogP contribution is 2.32. The smallest absolute Gasteiger partial charge is 0.328 e. The molecule has 0 saturated heterocycles. The van der Waals surface area contributed by atoms with Gasteiger partial charge in [0.15, 0.2) is 6.61 Å². The van der Waals surface area contributed by atoms with Crippen LogP contribution in [0.25, 0.3) is 11.0 Å². The van der Waals surface area contributed by atoms with Gasteiger partial charge in [-0.2, -0.15) is 0 Å². The number of benzene rings is 3. The first-order valence-electron chi connectivity index (χ1n) is 10.3. The third kappa shape index (κ3) is 4.32. The lowest BCUT2D eigenvalue weighted by atomic mass is 10.2. The summed E-state index contributed by atoms with van der Waals surface area (Å²) in [4.78, 5) is 24.9. The third-order valence-electron chi connectivity index (χ3n) is 5.45. The number of fused-ring (bicyclic) bond motifs is 1. The SMILES string of the molecule is Cc1ccc(S(=O)(=O)c2cc3c(cc2NC(=O)COc2ccc(F)cc2)n(C)c(=O)n3C)cc1. The molecule has 34 heavy (non-hydrogen) atoms. The van der Waals surface area contributed by atoms with Crippen molar-refractivity contribution in [3.8, 4) is 5.75 Å². The highest BCUT2D eigenvalue weighted by Gasteiger charge is 2.25. The van der Waals surface area contributed by atoms with E-state index in [-0.39, 0.29) is 26.9 Å². The molecule has 0 unspecified atom stereocenters. The van der Waals surface area contributed by atoms with Gasteiger partial charge in [0.1, 0.15) is 11.6 Å². The fourth-order valence-electron chi connectivity index (χ4n) is 3.56. The summed E-state index contributed by atoms with van der Waals surface area (Å²) in [7, 11) is -0.937. The normalized spacial score (nSPS) is 11.5. The Morgan fingerprint density at radius 3 is 2.18 bits per heavy atom. The van der Waals surface area contributed by atoms with E-state index in [1.54, 1.807) is 26.2 Å². The van der Waals surface area contributed by atoms with Crippen molar-refractivity contribution in [3.05, 3.63) is 82.5 Å². The predicted molar refractivity (Wildman–Crippen MR) is 125 cm³/mol. The second-order valence-corrected chi connectivity index (χ2v) is 9.76. The minimum Gasteiger partial charge on any atom is -0.484 e. The minimum absolute atomic E-state index is 0.0157. The number of sulfone groups is 1. The van der Waals surface area contributed by atoms with Gasteiger partial charge in [-0.3, -0.25) is 13.9 Å². The second kappa shape index (κ2) is 8.79. The first-order valence-corrected chi connectivity index (χ1v) is 11.8. The fraction of sp³-hybridized carbons (Fsp3) is 0.167. The molecule has 0 aliphatic heterocycles. The number of carbonyl (C=O) groups excluding carboxylic acids is 1. The number of amides is 1. The molecule has 10 heteroatoms. The highest BCUT2D eigenvalue weighted by atomic mass is 32.2. The van der Waals surface area contributed by atoms with Gasteiger partial charge < -0.3 is 10.1 Å². The molecule has 3 aromatic carbocycles. The summed E-state index contributed by atoms with van der Waals surface area (Å²) in [5.41, 5.74) is 1.42. The van der Waals surface area contributed by atoms with Gasteiger partial charge in [0.25, 0.3) is 5.91 Å². The summed E-state index contributed by atoms with van der Waals surface area (Å²) < 4.78 is 48.1. The number of aryl methyl sites for hydroxylation is 3. The van der Waals surface area contributed by atoms with Crippen LogP contribution in [0.2, 0.25) is 0 Å². The molecule has 0 aliphatic rings. The number of anilines is 1. The Morgan fingerprint density at radius 1 is 0.971 bits per heavy atom. The zero-order valence-corrected chi connectivity index (χ0v) is 19.5. The standard InChI is InChI=1S/C24H22FN3O5S/c1-15-4-10-18(11-5-15)34(31,32)22-13-21-20(27(2)24(30)28(21)3)12-19(22)26-23(29)14-33-17-8-6-16(25)7-9-17/h4-13H,14H2,1-3H3,(H,26,29). The number of hydrogen-bond acceptors (Lipinski definition) is 5. The van der Waals surface area contributed by atoms with E-state index in [9.17, 15) is 22.4 Å². The maximum absolute atomic E-state index is 13.5. The number of halogens is 1. The first-order chi connectivity index (χ1) is 16.1. The molecule has 1 aromatic heterocycles. The number of carbonyl (C=O) groups is 1. The lowest BCUT2D eigenvalue weighted by molar-refractivity contribution is -0.118. The Balaban J connectivity index is 1.75. The second-order valence-electron chi connectivity index (χ2n) is 7.84. The molecule has 1 N–H and O–H groups in total. The topological polar surface area (TPSA) is 99.4 Å². The Morgan fingerprint density at radius 2 is 1.56 bits per heavy atom. The maximum Gasteiger partial charge on any atom is 0.328 e. The molecule has 1 amide bonds. The fourth-order valence-corrected chi connectivity index (χ4v) is 4.97. The lowest BCUT2D eigenvalue weighted by Gasteiger charge is -2.14. The molecule has 4 aromatic rings. The van der Waals surface area contributed by atoms with Gasteiger partial charge in [0, 0.05) is 14.1 Å². The van der Waals surface area contributed by atoms with E-state index in [2.05, 4.69) is 5.32 Å². The summed E-state index contributed by atoms with van der Waals surface area (Å²) in [6.07, 6.45) is 0. The van der Waals surface area contributed by atoms with Crippen LogP contribution >= 0.6 is 0 Å². The molecule has 4 rings (SSSR count). The van der Waals surface area contributed by atoms with Crippen LogP contribution in [-0.4, -0.2) is 30.1 Å². The van der Waals surface area contributed by atoms with Crippen molar-refractivity contribution in [1.82, 2.24) is 9.13 Å². The summed E-state index contributed by atoms with van der Waals surface area (Å²) in [6.45, 7) is 1.41. The molecule has 0 bridgehead atoms. The van der Waals surface area contributed by atoms with Crippen LogP contribution in [0.15, 0.2) is 75.2 Å². The monoisotopic (exact) mass is 483 g/mol. The van der Waals surface area contributed by atoms with E-state index in [1.165, 1.54) is 57.7 Å². The molecular formula is C24H22FN3O5S. The number of hydrogen-bond donors (Lipinski definition) is 1. The number of ether oxygens (including phenoxy) is 1. The lowest BCUT2D eigenvalue weighted by Crippen LogP contribution is -2.21. The Hall–Kier alpha value is -3.92. The minimum atomic E-state index is -4.04. The predicted octanol–water partition coefficient (Wildman–Crippen LogP) is 3.17. The highest BCUT2D eigenvalue weighted by molar-refractivity contribution is 7.91. The first kappa shape index (κ1) is 23.2. The van der Waals surface area contributed by atoms with Crippen LogP contribution in [0.1, 0.15) is 5.56 Å². The molecule has 176 valence electrons. The average Bonchev–Trinajstić information content (AvgIpc) is 3.02. The molecule has 0 fully saturated rings. The van der Waals surface area contributed by atoms with Crippen molar-refractivity contribution >= 4 is 32.5 Å². The van der Waals surface area contributed by atoms with Gasteiger partial charge in [-0.25, -0.2) is 17.6 Å². The Kier molecular flexibility index (Phi) is 6.01. The Bertz CT molecular complexity index is 1550. The zero-order chi connectivity index (χ0) is 24.6. The van der Waals surface area contributed by atoms with E-state index in [0.717, 1.165) is 5.56 Å². The number of nitrogens with one attached hydrogen (secondary N) is 1. The van der Waals surface area contributed by atoms with Gasteiger partial charge in [0.05, 0.1) is 26.5 Å². The van der Waals surface area contributed by atoms with E-state index >= 15 is 0 Å². The number of nitrogens with zero attached hydrogens (tertiary/aromatic N) is 2. The van der Waals surface area contributed by atoms with Crippen molar-refractivity contribution in [2.24, 2.45) is 14.1 Å². The molecule has 0 spiro atoms. The van der Waals surface area contributed by atoms with E-state index in [0.29, 0.717) is 11.0 Å². The van der Waals surface area contributed by atoms with Gasteiger partial charge in [-0.1, -0.05) is 17.7 Å². The average molecular weight is 484 g/mol. The third-order valence-corrected chi connectivity index (χ3v) is 7.26. The molecule has 8 nitrogen and oxygen atoms in total. The number of imidazole rings is 1. The van der Waals surface area contributed by atoms with Crippen LogP contribution in [0, 0.1) is 12.7 Å². The molecule has 0 saturated carbocycles. The van der Waals surface area contributed by atoms with Crippen LogP contribution in [0.4, 0.5) is 10.1 Å². The van der Waals surface area contributed by atoms with Gasteiger partial charge in [-0.05, 0) is 55.5 Å². The van der Waals surface area contributed by atoms with Crippen molar-refractivity contribution in [2.45, 2.75) is 16.7 Å². The van der Waals surface area contributed by atoms with E-state index < -0.39 is 28.2 Å². The van der Waals surface area contributed by atoms with Gasteiger partial charge in [0.2, 0.25) is 9.84 Å². The summed E-state index contributed by atoms with van der Waals surface area (Å²) >= 11 is 0. The molecule has 0 atom stereocenters. The molecule has 0 radical (unpaired) electrons. The van der Waals surface area contributed by atoms with Crippen LogP contribution < -0.4 is 15.7 Å². The summed E-state index contributed by atoms with van der Waals surface area (Å²) in [5, 5.41) is 2.59. The van der Waals surface area contributed by atoms with Crippen LogP contribution in [0.5, 0.6) is 5.75 Å². The largest absolute Gasteiger partial charge is 0.484 e. The Labute approximate surface area is 195 Å². The van der Waals surface area contributed by atoms with Crippen molar-refractivity contribution < 1.29 is 22.3 Å². The van der Waals surface area contributed by atoms with Crippen molar-refractivity contribution in [2.75, 3.05) is 11.9 Å². The van der Waals surface area contributed by atoms with E-state index in [1.807, 2.05) is 6.92 Å². The summed E-state index contributed by atoms with van der Waals surface area (Å²) in [5.74, 6) is -0.778. The molecule has 1 heterocycles. The summed E-state index contributed by atoms with van der Waals surface area (Å²) in [6, 6.07) is 14.3. The van der Waals surface area contributed by atoms with Crippen LogP contribution in [0.3, 0.4) is 0 Å². The van der Waals surface area contributed by atoms with Gasteiger partial charge >= 0.3 is 5.69 Å². The number of rotatable bonds is 6. The van der Waals surface area contributed by atoms with E-state index in [4.69, 9.17) is 4.74 Å².